The van der Waals surface area contributed by atoms with Crippen LogP contribution in [-0.2, 0) is 19.1 Å². The number of nitrogens with zero attached hydrogens (tertiary/aromatic N) is 2. The van der Waals surface area contributed by atoms with Crippen LogP contribution >= 0.6 is 0 Å². The molecule has 0 aliphatic rings. The fourth-order valence-electron chi connectivity index (χ4n) is 7.42. The second-order valence-electron chi connectivity index (χ2n) is 16.9. The number of hydrogen-bond donors (Lipinski definition) is 1. The van der Waals surface area contributed by atoms with Crippen molar-refractivity contribution in [3.05, 3.63) is 0 Å². The van der Waals surface area contributed by atoms with Gasteiger partial charge in [0.25, 0.3) is 0 Å². The molecule has 0 saturated heterocycles. The Morgan fingerprint density at radius 2 is 0.857 bits per heavy atom. The van der Waals surface area contributed by atoms with Crippen molar-refractivity contribution in [2.45, 2.75) is 233 Å². The van der Waals surface area contributed by atoms with Crippen molar-refractivity contribution in [1.29, 1.82) is 0 Å². The topological polar surface area (TPSA) is 88.2 Å². The SMILES string of the molecule is CCCCCCCCCOC(=O)CCCCCCCN(CCCCCCCOC(=O)C(CCCCCCCC)CCCCCCCC)CCCNC(=O)N(C)C. The first-order chi connectivity index (χ1) is 27.3. The smallest absolute Gasteiger partial charge is 0.316 e. The van der Waals surface area contributed by atoms with Crippen LogP contribution in [-0.4, -0.2) is 81.3 Å². The molecule has 0 rings (SSSR count). The van der Waals surface area contributed by atoms with Gasteiger partial charge in [0.15, 0.2) is 0 Å². The summed E-state index contributed by atoms with van der Waals surface area (Å²) in [6.07, 6.45) is 38.4. The van der Waals surface area contributed by atoms with Gasteiger partial charge >= 0.3 is 18.0 Å². The third kappa shape index (κ3) is 37.7. The molecule has 0 aromatic rings. The Balaban J connectivity index is 4.34. The number of ether oxygens (including phenoxy) is 2. The second-order valence-corrected chi connectivity index (χ2v) is 16.9. The minimum absolute atomic E-state index is 0.0317. The van der Waals surface area contributed by atoms with Crippen LogP contribution in [0.1, 0.15) is 233 Å². The summed E-state index contributed by atoms with van der Waals surface area (Å²) < 4.78 is 11.3. The average molecular weight is 794 g/mol. The number of esters is 2. The number of carbonyl (C=O) groups is 3. The van der Waals surface area contributed by atoms with E-state index in [9.17, 15) is 14.4 Å². The lowest BCUT2D eigenvalue weighted by Gasteiger charge is -2.23. The molecule has 0 radical (unpaired) electrons. The van der Waals surface area contributed by atoms with Gasteiger partial charge in [-0.05, 0) is 71.0 Å². The van der Waals surface area contributed by atoms with Gasteiger partial charge in [-0.15, -0.1) is 0 Å². The lowest BCUT2D eigenvalue weighted by molar-refractivity contribution is -0.149. The highest BCUT2D eigenvalue weighted by Gasteiger charge is 2.19. The zero-order chi connectivity index (χ0) is 41.2. The minimum atomic E-state index is -0.0324. The summed E-state index contributed by atoms with van der Waals surface area (Å²) in [5.74, 6) is 0.111. The highest BCUT2D eigenvalue weighted by Crippen LogP contribution is 2.21. The zero-order valence-corrected chi connectivity index (χ0v) is 38.1. The van der Waals surface area contributed by atoms with Crippen molar-refractivity contribution in [1.82, 2.24) is 15.1 Å². The third-order valence-corrected chi connectivity index (χ3v) is 11.2. The van der Waals surface area contributed by atoms with Crippen LogP contribution < -0.4 is 5.32 Å². The normalized spacial score (nSPS) is 11.4. The lowest BCUT2D eigenvalue weighted by atomic mass is 9.94. The Bertz CT molecular complexity index is 854. The van der Waals surface area contributed by atoms with Gasteiger partial charge in [0.2, 0.25) is 0 Å². The maximum absolute atomic E-state index is 13.1. The quantitative estimate of drug-likeness (QED) is 0.0488. The number of hydrogen-bond acceptors (Lipinski definition) is 6. The van der Waals surface area contributed by atoms with Gasteiger partial charge in [-0.1, -0.05) is 175 Å². The van der Waals surface area contributed by atoms with E-state index >= 15 is 0 Å². The molecule has 0 fully saturated rings. The second kappa shape index (κ2) is 42.8. The van der Waals surface area contributed by atoms with Crippen molar-refractivity contribution < 1.29 is 23.9 Å². The molecular formula is C48H95N3O5. The number of amides is 2. The molecule has 0 heterocycles. The molecule has 0 spiro atoms. The van der Waals surface area contributed by atoms with Crippen LogP contribution in [0.2, 0.25) is 0 Å². The average Bonchev–Trinajstić information content (AvgIpc) is 3.19. The lowest BCUT2D eigenvalue weighted by Crippen LogP contribution is -2.36. The minimum Gasteiger partial charge on any atom is -0.466 e. The largest absolute Gasteiger partial charge is 0.466 e. The highest BCUT2D eigenvalue weighted by molar-refractivity contribution is 5.73. The molecule has 1 N–H and O–H groups in total. The van der Waals surface area contributed by atoms with Crippen molar-refractivity contribution in [2.75, 3.05) is 53.5 Å². The maximum Gasteiger partial charge on any atom is 0.316 e. The van der Waals surface area contributed by atoms with Crippen LogP contribution in [0.4, 0.5) is 4.79 Å². The first-order valence-corrected chi connectivity index (χ1v) is 24.3. The molecule has 8 nitrogen and oxygen atoms in total. The third-order valence-electron chi connectivity index (χ3n) is 11.2. The standard InChI is InChI=1S/C48H95N3O5/c1-6-9-12-15-18-26-33-43-55-46(52)38-30-23-19-24-31-40-51(42-35-39-49-48(54)50(4)5)41-32-25-20-27-34-44-56-47(53)45(36-28-21-16-13-10-7-2)37-29-22-17-14-11-8-3/h45H,6-44H2,1-5H3,(H,49,54). The van der Waals surface area contributed by atoms with Crippen LogP contribution in [0.25, 0.3) is 0 Å². The summed E-state index contributed by atoms with van der Waals surface area (Å²) in [6, 6.07) is -0.0324. The molecule has 56 heavy (non-hydrogen) atoms. The molecule has 0 bridgehead atoms. The number of urea groups is 1. The monoisotopic (exact) mass is 794 g/mol. The number of nitrogens with one attached hydrogen (secondary N) is 1. The van der Waals surface area contributed by atoms with Crippen molar-refractivity contribution in [3.8, 4) is 0 Å². The van der Waals surface area contributed by atoms with E-state index in [2.05, 4.69) is 31.0 Å². The maximum atomic E-state index is 13.1. The Labute approximate surface area is 348 Å². The summed E-state index contributed by atoms with van der Waals surface area (Å²) in [7, 11) is 3.55. The van der Waals surface area contributed by atoms with Crippen LogP contribution in [0.15, 0.2) is 0 Å². The van der Waals surface area contributed by atoms with E-state index in [1.54, 1.807) is 19.0 Å². The van der Waals surface area contributed by atoms with E-state index in [1.807, 2.05) is 0 Å². The van der Waals surface area contributed by atoms with Crippen LogP contribution in [0.5, 0.6) is 0 Å². The van der Waals surface area contributed by atoms with E-state index in [1.165, 1.54) is 122 Å². The number of rotatable bonds is 43. The molecule has 0 atom stereocenters. The van der Waals surface area contributed by atoms with Gasteiger partial charge in [-0.25, -0.2) is 4.79 Å². The molecule has 0 unspecified atom stereocenters. The van der Waals surface area contributed by atoms with Gasteiger partial charge in [0.1, 0.15) is 0 Å². The van der Waals surface area contributed by atoms with E-state index in [-0.39, 0.29) is 23.9 Å². The zero-order valence-electron chi connectivity index (χ0n) is 38.1. The summed E-state index contributed by atoms with van der Waals surface area (Å²) >= 11 is 0. The Morgan fingerprint density at radius 1 is 0.464 bits per heavy atom. The first-order valence-electron chi connectivity index (χ1n) is 24.3. The van der Waals surface area contributed by atoms with Gasteiger partial charge in [-0.2, -0.15) is 0 Å². The van der Waals surface area contributed by atoms with E-state index in [0.29, 0.717) is 26.2 Å². The highest BCUT2D eigenvalue weighted by atomic mass is 16.5. The van der Waals surface area contributed by atoms with Crippen molar-refractivity contribution in [2.24, 2.45) is 5.92 Å². The van der Waals surface area contributed by atoms with Crippen molar-refractivity contribution >= 4 is 18.0 Å². The molecule has 0 aliphatic carbocycles. The Kier molecular flexibility index (Phi) is 41.4. The summed E-state index contributed by atoms with van der Waals surface area (Å²) in [5.41, 5.74) is 0. The van der Waals surface area contributed by atoms with Gasteiger partial charge < -0.3 is 24.6 Å². The first kappa shape index (κ1) is 54.2. The molecule has 8 heteroatoms. The molecule has 0 saturated carbocycles. The fourth-order valence-corrected chi connectivity index (χ4v) is 7.42. The van der Waals surface area contributed by atoms with Crippen LogP contribution in [0.3, 0.4) is 0 Å². The molecule has 332 valence electrons. The summed E-state index contributed by atoms with van der Waals surface area (Å²) in [6.45, 7) is 11.8. The fraction of sp³-hybridized carbons (Fsp3) is 0.938. The van der Waals surface area contributed by atoms with E-state index in [0.717, 1.165) is 103 Å². The molecule has 0 aromatic heterocycles. The summed E-state index contributed by atoms with van der Waals surface area (Å²) in [5, 5.41) is 3.00. The summed E-state index contributed by atoms with van der Waals surface area (Å²) in [4.78, 5) is 41.3. The predicted molar refractivity (Wildman–Crippen MR) is 238 cm³/mol. The van der Waals surface area contributed by atoms with Gasteiger partial charge in [0.05, 0.1) is 19.1 Å². The van der Waals surface area contributed by atoms with E-state index in [4.69, 9.17) is 9.47 Å². The van der Waals surface area contributed by atoms with Gasteiger partial charge in [0, 0.05) is 27.1 Å². The molecule has 0 aromatic carbocycles. The van der Waals surface area contributed by atoms with Crippen LogP contribution in [0, 0.1) is 5.92 Å². The number of unbranched alkanes of at least 4 members (excludes halogenated alkanes) is 24. The Hall–Kier alpha value is -1.83. The number of carbonyl (C=O) groups excluding carboxylic acids is 3. The Morgan fingerprint density at radius 3 is 1.34 bits per heavy atom. The molecule has 2 amide bonds. The predicted octanol–water partition coefficient (Wildman–Crippen LogP) is 13.2. The van der Waals surface area contributed by atoms with Gasteiger partial charge in [-0.3, -0.25) is 9.59 Å². The molecular weight excluding hydrogens is 699 g/mol. The van der Waals surface area contributed by atoms with E-state index < -0.39 is 0 Å². The molecule has 0 aliphatic heterocycles. The van der Waals surface area contributed by atoms with Crippen molar-refractivity contribution in [3.63, 3.8) is 0 Å².